The number of ketones is 2. The van der Waals surface area contributed by atoms with Gasteiger partial charge in [0.25, 0.3) is 0 Å². The summed E-state index contributed by atoms with van der Waals surface area (Å²) in [5.41, 5.74) is 1.44. The van der Waals surface area contributed by atoms with Crippen molar-refractivity contribution in [3.63, 3.8) is 0 Å². The number of benzene rings is 1. The second-order valence-corrected chi connectivity index (χ2v) is 10.1. The monoisotopic (exact) mass is 497 g/mol. The molecule has 0 saturated heterocycles. The number of carbonyl (C=O) groups is 3. The van der Waals surface area contributed by atoms with Crippen LogP contribution in [0.4, 0.5) is 5.69 Å². The second kappa shape index (κ2) is 18.8. The molecule has 0 amide bonds. The summed E-state index contributed by atoms with van der Waals surface area (Å²) in [6, 6.07) is 6.89. The van der Waals surface area contributed by atoms with Gasteiger partial charge in [-0.15, -0.1) is 0 Å². The van der Waals surface area contributed by atoms with Gasteiger partial charge in [-0.3, -0.25) is 9.59 Å². The maximum absolute atomic E-state index is 12.3. The van der Waals surface area contributed by atoms with Crippen molar-refractivity contribution in [2.24, 2.45) is 0 Å². The van der Waals surface area contributed by atoms with E-state index in [9.17, 15) is 14.4 Å². The summed E-state index contributed by atoms with van der Waals surface area (Å²) in [6.45, 7) is 2.72. The van der Waals surface area contributed by atoms with Gasteiger partial charge >= 0.3 is 5.97 Å². The third-order valence-electron chi connectivity index (χ3n) is 6.89. The molecule has 0 atom stereocenters. The zero-order valence-corrected chi connectivity index (χ0v) is 22.5. The Morgan fingerprint density at radius 1 is 0.750 bits per heavy atom. The van der Waals surface area contributed by atoms with Crippen molar-refractivity contribution in [1.29, 1.82) is 0 Å². The average molecular weight is 498 g/mol. The molecule has 1 aromatic rings. The summed E-state index contributed by atoms with van der Waals surface area (Å²) < 4.78 is 5.40. The van der Waals surface area contributed by atoms with Gasteiger partial charge in [0.15, 0.2) is 11.6 Å². The fraction of sp³-hybridized carbons (Fsp3) is 0.645. The predicted octanol–water partition coefficient (Wildman–Crippen LogP) is 8.33. The van der Waals surface area contributed by atoms with E-state index in [1.807, 2.05) is 0 Å². The van der Waals surface area contributed by atoms with Crippen molar-refractivity contribution in [3.05, 3.63) is 41.6 Å². The Balaban J connectivity index is 1.46. The van der Waals surface area contributed by atoms with Gasteiger partial charge in [-0.2, -0.15) is 0 Å². The molecule has 0 radical (unpaired) electrons. The predicted molar refractivity (Wildman–Crippen MR) is 147 cm³/mol. The lowest BCUT2D eigenvalue weighted by Crippen LogP contribution is -2.19. The average Bonchev–Trinajstić information content (AvgIpc) is 2.88. The van der Waals surface area contributed by atoms with E-state index in [4.69, 9.17) is 4.74 Å². The minimum atomic E-state index is -0.317. The lowest BCUT2D eigenvalue weighted by atomic mass is 9.93. The van der Waals surface area contributed by atoms with Gasteiger partial charge in [0.1, 0.15) is 0 Å². The Hall–Kier alpha value is -2.43. The fourth-order valence-electron chi connectivity index (χ4n) is 4.57. The van der Waals surface area contributed by atoms with Gasteiger partial charge in [-0.25, -0.2) is 4.79 Å². The number of Topliss-reactive ketones (excluding diaryl/α,β-unsaturated/α-hetero) is 2. The zero-order valence-electron chi connectivity index (χ0n) is 22.5. The number of hydrogen-bond acceptors (Lipinski definition) is 5. The summed E-state index contributed by atoms with van der Waals surface area (Å²) in [5, 5.41) is 2.99. The molecule has 0 aromatic heterocycles. The van der Waals surface area contributed by atoms with E-state index in [1.54, 1.807) is 24.3 Å². The Kier molecular flexibility index (Phi) is 15.5. The first-order valence-corrected chi connectivity index (χ1v) is 14.4. The molecule has 0 spiro atoms. The maximum atomic E-state index is 12.3. The maximum Gasteiger partial charge on any atom is 0.338 e. The smallest absolute Gasteiger partial charge is 0.338 e. The van der Waals surface area contributed by atoms with Crippen LogP contribution in [0.15, 0.2) is 36.0 Å². The number of rotatable bonds is 19. The van der Waals surface area contributed by atoms with Crippen molar-refractivity contribution in [1.82, 2.24) is 0 Å². The number of allylic oxidation sites excluding steroid dienone is 1. The number of carbonyl (C=O) groups excluding carboxylic acids is 3. The van der Waals surface area contributed by atoms with Crippen molar-refractivity contribution >= 4 is 23.2 Å². The highest BCUT2D eigenvalue weighted by Crippen LogP contribution is 2.18. The minimum absolute atomic E-state index is 0.113. The minimum Gasteiger partial charge on any atom is -0.462 e. The SMILES string of the molecule is CCCCCCCCCCCCCCCCCOC(=O)c1ccc(NC=C2C(=O)CCCC2=O)cc1. The van der Waals surface area contributed by atoms with Crippen LogP contribution in [-0.2, 0) is 14.3 Å². The molecule has 1 aromatic carbocycles. The molecule has 36 heavy (non-hydrogen) atoms. The molecule has 5 heteroatoms. The van der Waals surface area contributed by atoms with E-state index in [0.29, 0.717) is 37.1 Å². The van der Waals surface area contributed by atoms with E-state index in [1.165, 1.54) is 89.7 Å². The summed E-state index contributed by atoms with van der Waals surface area (Å²) >= 11 is 0. The highest BCUT2D eigenvalue weighted by atomic mass is 16.5. The van der Waals surface area contributed by atoms with Crippen molar-refractivity contribution in [2.75, 3.05) is 11.9 Å². The van der Waals surface area contributed by atoms with Crippen LogP contribution in [0.5, 0.6) is 0 Å². The largest absolute Gasteiger partial charge is 0.462 e. The lowest BCUT2D eigenvalue weighted by molar-refractivity contribution is -0.123. The van der Waals surface area contributed by atoms with E-state index in [0.717, 1.165) is 12.8 Å². The Morgan fingerprint density at radius 3 is 1.72 bits per heavy atom. The molecule has 5 nitrogen and oxygen atoms in total. The molecule has 0 bridgehead atoms. The number of nitrogens with one attached hydrogen (secondary N) is 1. The number of esters is 1. The molecule has 2 rings (SSSR count). The van der Waals surface area contributed by atoms with Crippen molar-refractivity contribution < 1.29 is 19.1 Å². The van der Waals surface area contributed by atoms with E-state index in [-0.39, 0.29) is 23.1 Å². The van der Waals surface area contributed by atoms with Crippen LogP contribution < -0.4 is 5.32 Å². The first-order chi connectivity index (χ1) is 17.6. The van der Waals surface area contributed by atoms with Crippen LogP contribution in [0.2, 0.25) is 0 Å². The summed E-state index contributed by atoms with van der Waals surface area (Å²) in [5.74, 6) is -0.543. The van der Waals surface area contributed by atoms with Crippen LogP contribution in [0.3, 0.4) is 0 Å². The molecule has 1 saturated carbocycles. The molecule has 0 unspecified atom stereocenters. The standard InChI is InChI=1S/C31H47NO4/c1-2-3-4-5-6-7-8-9-10-11-12-13-14-15-16-24-36-31(35)26-20-22-27(23-21-26)32-25-28-29(33)18-17-19-30(28)34/h20-23,25,32H,2-19,24H2,1H3. The van der Waals surface area contributed by atoms with E-state index < -0.39 is 0 Å². The van der Waals surface area contributed by atoms with Gasteiger partial charge in [0.2, 0.25) is 0 Å². The molecule has 1 N–H and O–H groups in total. The molecule has 1 aliphatic carbocycles. The molecule has 1 aliphatic rings. The second-order valence-electron chi connectivity index (χ2n) is 10.1. The molecule has 200 valence electrons. The normalized spacial score (nSPS) is 13.6. The molecular formula is C31H47NO4. The number of anilines is 1. The molecule has 0 heterocycles. The third-order valence-corrected chi connectivity index (χ3v) is 6.89. The van der Waals surface area contributed by atoms with Gasteiger partial charge in [-0.05, 0) is 37.1 Å². The first kappa shape index (κ1) is 29.8. The van der Waals surface area contributed by atoms with Gasteiger partial charge in [-0.1, -0.05) is 96.8 Å². The summed E-state index contributed by atoms with van der Waals surface area (Å²) in [6.07, 6.45) is 22.6. The zero-order chi connectivity index (χ0) is 25.8. The van der Waals surface area contributed by atoms with Crippen LogP contribution in [0.25, 0.3) is 0 Å². The quantitative estimate of drug-likeness (QED) is 0.0900. The van der Waals surface area contributed by atoms with Crippen LogP contribution in [0.1, 0.15) is 133 Å². The van der Waals surface area contributed by atoms with Gasteiger partial charge < -0.3 is 10.1 Å². The number of ether oxygens (including phenoxy) is 1. The third kappa shape index (κ3) is 12.5. The lowest BCUT2D eigenvalue weighted by Gasteiger charge is -2.12. The van der Waals surface area contributed by atoms with E-state index in [2.05, 4.69) is 12.2 Å². The van der Waals surface area contributed by atoms with Crippen LogP contribution in [0, 0.1) is 0 Å². The molecule has 0 aliphatic heterocycles. The number of hydrogen-bond donors (Lipinski definition) is 1. The van der Waals surface area contributed by atoms with Gasteiger partial charge in [0.05, 0.1) is 17.7 Å². The molecule has 1 fully saturated rings. The summed E-state index contributed by atoms with van der Waals surface area (Å²) in [4.78, 5) is 36.0. The Labute approximate surface area is 218 Å². The van der Waals surface area contributed by atoms with Crippen molar-refractivity contribution in [3.8, 4) is 0 Å². The van der Waals surface area contributed by atoms with E-state index >= 15 is 0 Å². The Bertz CT molecular complexity index is 794. The topological polar surface area (TPSA) is 72.5 Å². The van der Waals surface area contributed by atoms with Crippen molar-refractivity contribution in [2.45, 2.75) is 122 Å². The Morgan fingerprint density at radius 2 is 1.22 bits per heavy atom. The van der Waals surface area contributed by atoms with Gasteiger partial charge in [0, 0.05) is 24.7 Å². The number of unbranched alkanes of at least 4 members (excludes halogenated alkanes) is 14. The fourth-order valence-corrected chi connectivity index (χ4v) is 4.57. The summed E-state index contributed by atoms with van der Waals surface area (Å²) in [7, 11) is 0. The molecular weight excluding hydrogens is 450 g/mol. The highest BCUT2D eigenvalue weighted by molar-refractivity contribution is 6.21. The highest BCUT2D eigenvalue weighted by Gasteiger charge is 2.22. The first-order valence-electron chi connectivity index (χ1n) is 14.4. The van der Waals surface area contributed by atoms with Crippen LogP contribution >= 0.6 is 0 Å². The van der Waals surface area contributed by atoms with Crippen LogP contribution in [-0.4, -0.2) is 24.1 Å².